The van der Waals surface area contributed by atoms with Crippen molar-refractivity contribution in [1.82, 2.24) is 4.57 Å². The van der Waals surface area contributed by atoms with Crippen molar-refractivity contribution in [1.29, 1.82) is 0 Å². The Morgan fingerprint density at radius 1 is 1.03 bits per heavy atom. The molecule has 0 bridgehead atoms. The van der Waals surface area contributed by atoms with Crippen molar-refractivity contribution in [2.45, 2.75) is 39.8 Å². The summed E-state index contributed by atoms with van der Waals surface area (Å²) in [7, 11) is 0. The van der Waals surface area contributed by atoms with Crippen LogP contribution in [-0.2, 0) is 12.6 Å². The van der Waals surface area contributed by atoms with Crippen LogP contribution in [0.2, 0.25) is 0 Å². The molecule has 3 nitrogen and oxygen atoms in total. The van der Waals surface area contributed by atoms with Gasteiger partial charge in [-0.1, -0.05) is 37.6 Å². The maximum atomic E-state index is 13.4. The molecule has 0 aliphatic carbocycles. The number of halogens is 3. The molecule has 0 unspecified atom stereocenters. The third kappa shape index (κ3) is 4.36. The van der Waals surface area contributed by atoms with Gasteiger partial charge in [0.2, 0.25) is 0 Å². The van der Waals surface area contributed by atoms with Crippen LogP contribution in [0.25, 0.3) is 5.69 Å². The molecule has 3 aromatic rings. The van der Waals surface area contributed by atoms with Gasteiger partial charge in [0.25, 0.3) is 5.91 Å². The van der Waals surface area contributed by atoms with E-state index >= 15 is 0 Å². The van der Waals surface area contributed by atoms with Gasteiger partial charge in [0.1, 0.15) is 0 Å². The minimum atomic E-state index is -4.48. The Balaban J connectivity index is 1.93. The number of amides is 1. The first kappa shape index (κ1) is 20.7. The number of nitrogens with zero attached hydrogens (tertiary/aromatic N) is 1. The fraction of sp³-hybridized carbons (Fsp3) is 0.261. The van der Waals surface area contributed by atoms with Crippen molar-refractivity contribution >= 4 is 11.6 Å². The second-order valence-corrected chi connectivity index (χ2v) is 7.04. The smallest absolute Gasteiger partial charge is 0.322 e. The number of alkyl halides is 3. The predicted octanol–water partition coefficient (Wildman–Crippen LogP) is 6.32. The summed E-state index contributed by atoms with van der Waals surface area (Å²) in [5.74, 6) is -0.350. The van der Waals surface area contributed by atoms with Gasteiger partial charge in [-0.05, 0) is 56.2 Å². The molecule has 0 atom stereocenters. The van der Waals surface area contributed by atoms with Gasteiger partial charge in [-0.3, -0.25) is 4.79 Å². The van der Waals surface area contributed by atoms with Crippen molar-refractivity contribution < 1.29 is 18.0 Å². The lowest BCUT2D eigenvalue weighted by Crippen LogP contribution is -2.15. The Bertz CT molecular complexity index is 1020. The molecule has 29 heavy (non-hydrogen) atoms. The van der Waals surface area contributed by atoms with Gasteiger partial charge in [-0.15, -0.1) is 0 Å². The third-order valence-electron chi connectivity index (χ3n) is 4.88. The van der Waals surface area contributed by atoms with Crippen molar-refractivity contribution in [3.8, 4) is 5.69 Å². The highest BCUT2D eigenvalue weighted by molar-refractivity contribution is 6.05. The van der Waals surface area contributed by atoms with E-state index < -0.39 is 11.7 Å². The molecule has 1 amide bonds. The number of hydrogen-bond donors (Lipinski definition) is 1. The summed E-state index contributed by atoms with van der Waals surface area (Å²) < 4.78 is 41.8. The van der Waals surface area contributed by atoms with Crippen LogP contribution in [0.5, 0.6) is 0 Å². The Hall–Kier alpha value is -3.02. The van der Waals surface area contributed by atoms with Crippen LogP contribution in [0.3, 0.4) is 0 Å². The normalized spacial score (nSPS) is 11.5. The molecule has 2 aromatic carbocycles. The molecule has 0 spiro atoms. The maximum Gasteiger partial charge on any atom is 0.418 e. The second-order valence-electron chi connectivity index (χ2n) is 7.04. The lowest BCUT2D eigenvalue weighted by Gasteiger charge is -2.16. The van der Waals surface area contributed by atoms with Crippen molar-refractivity contribution in [3.63, 3.8) is 0 Å². The number of aryl methyl sites for hydroxylation is 2. The summed E-state index contributed by atoms with van der Waals surface area (Å²) in [4.78, 5) is 12.8. The summed E-state index contributed by atoms with van der Waals surface area (Å²) in [6.45, 7) is 5.44. The third-order valence-corrected chi connectivity index (χ3v) is 4.88. The minimum Gasteiger partial charge on any atom is -0.322 e. The van der Waals surface area contributed by atoms with Crippen LogP contribution in [0.4, 0.5) is 18.9 Å². The van der Waals surface area contributed by atoms with E-state index in [0.717, 1.165) is 18.9 Å². The topological polar surface area (TPSA) is 34.0 Å². The first-order valence-electron chi connectivity index (χ1n) is 9.48. The average Bonchev–Trinajstić information content (AvgIpc) is 2.97. The van der Waals surface area contributed by atoms with Crippen LogP contribution >= 0.6 is 0 Å². The number of para-hydroxylation sites is 1. The highest BCUT2D eigenvalue weighted by atomic mass is 19.4. The fourth-order valence-electron chi connectivity index (χ4n) is 3.51. The van der Waals surface area contributed by atoms with Gasteiger partial charge in [-0.25, -0.2) is 0 Å². The number of benzene rings is 2. The Kier molecular flexibility index (Phi) is 5.82. The number of anilines is 1. The molecule has 3 rings (SSSR count). The molecule has 152 valence electrons. The highest BCUT2D eigenvalue weighted by Crippen LogP contribution is 2.35. The SMILES string of the molecule is CCCc1ccc(NC(=O)c2cc(C)n(-c3ccccc3C(F)(F)F)c2C)cc1. The van der Waals surface area contributed by atoms with E-state index in [1.165, 1.54) is 22.3 Å². The average molecular weight is 400 g/mol. The zero-order valence-electron chi connectivity index (χ0n) is 16.6. The van der Waals surface area contributed by atoms with E-state index in [1.54, 1.807) is 26.0 Å². The van der Waals surface area contributed by atoms with Crippen LogP contribution in [0.1, 0.15) is 46.2 Å². The molecule has 0 radical (unpaired) electrons. The van der Waals surface area contributed by atoms with Crippen LogP contribution in [0.15, 0.2) is 54.6 Å². The number of aromatic nitrogens is 1. The van der Waals surface area contributed by atoms with Gasteiger partial charge in [0.05, 0.1) is 16.8 Å². The quantitative estimate of drug-likeness (QED) is 0.534. The first-order valence-corrected chi connectivity index (χ1v) is 9.48. The van der Waals surface area contributed by atoms with Crippen molar-refractivity contribution in [2.75, 3.05) is 5.32 Å². The molecule has 0 fully saturated rings. The molecule has 1 aromatic heterocycles. The largest absolute Gasteiger partial charge is 0.418 e. The van der Waals surface area contributed by atoms with Crippen LogP contribution in [-0.4, -0.2) is 10.5 Å². The van der Waals surface area contributed by atoms with Crippen molar-refractivity contribution in [3.05, 3.63) is 82.7 Å². The van der Waals surface area contributed by atoms with Gasteiger partial charge in [-0.2, -0.15) is 13.2 Å². The van der Waals surface area contributed by atoms with Gasteiger partial charge >= 0.3 is 6.18 Å². The Morgan fingerprint density at radius 2 is 1.69 bits per heavy atom. The van der Waals surface area contributed by atoms with Crippen molar-refractivity contribution in [2.24, 2.45) is 0 Å². The monoisotopic (exact) mass is 400 g/mol. The first-order chi connectivity index (χ1) is 13.7. The predicted molar refractivity (Wildman–Crippen MR) is 109 cm³/mol. The number of carbonyl (C=O) groups is 1. The number of hydrogen-bond acceptors (Lipinski definition) is 1. The summed E-state index contributed by atoms with van der Waals surface area (Å²) in [5, 5.41) is 2.83. The van der Waals surface area contributed by atoms with Gasteiger partial charge in [0.15, 0.2) is 0 Å². The number of nitrogens with one attached hydrogen (secondary N) is 1. The standard InChI is InChI=1S/C23H23F3N2O/c1-4-7-17-10-12-18(13-11-17)27-22(29)19-14-15(2)28(16(19)3)21-9-6-5-8-20(21)23(24,25)26/h5-6,8-14H,4,7H2,1-3H3,(H,27,29). The molecular formula is C23H23F3N2O. The molecule has 0 aliphatic rings. The van der Waals surface area contributed by atoms with Crippen LogP contribution in [0, 0.1) is 13.8 Å². The maximum absolute atomic E-state index is 13.4. The number of rotatable bonds is 5. The summed E-state index contributed by atoms with van der Waals surface area (Å²) in [6.07, 6.45) is -2.48. The second kappa shape index (κ2) is 8.15. The fourth-order valence-corrected chi connectivity index (χ4v) is 3.51. The number of carbonyl (C=O) groups excluding carboxylic acids is 1. The zero-order chi connectivity index (χ0) is 21.2. The van der Waals surface area contributed by atoms with E-state index in [9.17, 15) is 18.0 Å². The molecular weight excluding hydrogens is 377 g/mol. The van der Waals surface area contributed by atoms with Gasteiger partial charge < -0.3 is 9.88 Å². The minimum absolute atomic E-state index is 0.0120. The lowest BCUT2D eigenvalue weighted by atomic mass is 10.1. The highest BCUT2D eigenvalue weighted by Gasteiger charge is 2.34. The molecule has 1 heterocycles. The van der Waals surface area contributed by atoms with Gasteiger partial charge in [0, 0.05) is 17.1 Å². The van der Waals surface area contributed by atoms with E-state index in [2.05, 4.69) is 12.2 Å². The van der Waals surface area contributed by atoms with E-state index in [0.29, 0.717) is 22.6 Å². The molecule has 0 saturated heterocycles. The van der Waals surface area contributed by atoms with E-state index in [1.807, 2.05) is 24.3 Å². The molecule has 6 heteroatoms. The van der Waals surface area contributed by atoms with E-state index in [4.69, 9.17) is 0 Å². The van der Waals surface area contributed by atoms with Crippen LogP contribution < -0.4 is 5.32 Å². The Labute approximate surface area is 168 Å². The van der Waals surface area contributed by atoms with E-state index in [-0.39, 0.29) is 11.6 Å². The molecule has 0 aliphatic heterocycles. The summed E-state index contributed by atoms with van der Waals surface area (Å²) >= 11 is 0. The Morgan fingerprint density at radius 3 is 2.31 bits per heavy atom. The summed E-state index contributed by atoms with van der Waals surface area (Å²) in [6, 6.07) is 14.6. The summed E-state index contributed by atoms with van der Waals surface area (Å²) in [5.41, 5.74) is 2.47. The molecule has 1 N–H and O–H groups in total. The molecule has 0 saturated carbocycles. The zero-order valence-corrected chi connectivity index (χ0v) is 16.6. The lowest BCUT2D eigenvalue weighted by molar-refractivity contribution is -0.137.